The van der Waals surface area contributed by atoms with Gasteiger partial charge in [0.1, 0.15) is 0 Å². The lowest BCUT2D eigenvalue weighted by molar-refractivity contribution is 0.973. The highest BCUT2D eigenvalue weighted by atomic mass is 14.8. The monoisotopic (exact) mass is 140 g/mol. The maximum atomic E-state index is 3.03. The lowest BCUT2D eigenvalue weighted by Crippen LogP contribution is -2.03. The lowest BCUT2D eigenvalue weighted by atomic mass is 10.3. The maximum Gasteiger partial charge on any atom is 0.00730 e. The van der Waals surface area contributed by atoms with E-state index in [1.54, 1.807) is 0 Å². The second kappa shape index (κ2) is 4.91. The van der Waals surface area contributed by atoms with Crippen LogP contribution in [0.5, 0.6) is 0 Å². The quantitative estimate of drug-likeness (QED) is 0.576. The van der Waals surface area contributed by atoms with E-state index >= 15 is 0 Å². The third kappa shape index (κ3) is 4.01. The zero-order chi connectivity index (χ0) is 7.98. The van der Waals surface area contributed by atoms with Crippen LogP contribution in [0.1, 0.15) is 13.8 Å². The molecule has 0 aliphatic carbocycles. The summed E-state index contributed by atoms with van der Waals surface area (Å²) in [6.45, 7) is 4.05. The molecular weight excluding hydrogens is 124 g/mol. The van der Waals surface area contributed by atoms with Crippen molar-refractivity contribution < 1.29 is 0 Å². The molecule has 0 rings (SSSR count). The number of allylic oxidation sites excluding steroid dienone is 4. The highest BCUT2D eigenvalue weighted by Crippen LogP contribution is 1.89. The summed E-state index contributed by atoms with van der Waals surface area (Å²) in [6.07, 6.45) is 4.07. The van der Waals surface area contributed by atoms with Crippen LogP contribution in [0.25, 0.3) is 0 Å². The molecule has 58 valence electrons. The maximum absolute atomic E-state index is 3.03. The Morgan fingerprint density at radius 1 is 0.900 bits per heavy atom. The summed E-state index contributed by atoms with van der Waals surface area (Å²) >= 11 is 0. The molecule has 0 aromatic carbocycles. The molecule has 0 radical (unpaired) electrons. The van der Waals surface area contributed by atoms with Crippen molar-refractivity contribution in [2.75, 3.05) is 14.1 Å². The van der Waals surface area contributed by atoms with Gasteiger partial charge in [0.25, 0.3) is 0 Å². The van der Waals surface area contributed by atoms with E-state index < -0.39 is 0 Å². The summed E-state index contributed by atoms with van der Waals surface area (Å²) in [5.74, 6) is 0. The Balaban J connectivity index is 3.91. The molecule has 0 aromatic rings. The van der Waals surface area contributed by atoms with E-state index in [0.717, 1.165) is 11.4 Å². The van der Waals surface area contributed by atoms with E-state index in [0.29, 0.717) is 0 Å². The van der Waals surface area contributed by atoms with Crippen molar-refractivity contribution in [1.29, 1.82) is 0 Å². The van der Waals surface area contributed by atoms with Crippen LogP contribution in [-0.2, 0) is 0 Å². The minimum absolute atomic E-state index is 1.16. The summed E-state index contributed by atoms with van der Waals surface area (Å²) in [5, 5.41) is 6.07. The number of nitrogens with one attached hydrogen (secondary N) is 2. The van der Waals surface area contributed by atoms with Crippen LogP contribution in [-0.4, -0.2) is 14.1 Å². The van der Waals surface area contributed by atoms with Gasteiger partial charge >= 0.3 is 0 Å². The van der Waals surface area contributed by atoms with E-state index in [9.17, 15) is 0 Å². The highest BCUT2D eigenvalue weighted by molar-refractivity contribution is 5.12. The van der Waals surface area contributed by atoms with E-state index in [2.05, 4.69) is 10.6 Å². The molecule has 0 aliphatic rings. The van der Waals surface area contributed by atoms with Crippen LogP contribution < -0.4 is 10.6 Å². The van der Waals surface area contributed by atoms with Gasteiger partial charge in [-0.15, -0.1) is 0 Å². The fourth-order valence-corrected chi connectivity index (χ4v) is 0.417. The van der Waals surface area contributed by atoms with E-state index in [-0.39, 0.29) is 0 Å². The van der Waals surface area contributed by atoms with Crippen LogP contribution in [0.4, 0.5) is 0 Å². The van der Waals surface area contributed by atoms with Gasteiger partial charge in [0.2, 0.25) is 0 Å². The van der Waals surface area contributed by atoms with Gasteiger partial charge in [-0.1, -0.05) is 0 Å². The fraction of sp³-hybridized carbons (Fsp3) is 0.500. The summed E-state index contributed by atoms with van der Waals surface area (Å²) in [4.78, 5) is 0. The van der Waals surface area contributed by atoms with Crippen molar-refractivity contribution >= 4 is 0 Å². The minimum atomic E-state index is 1.16. The standard InChI is InChI=1S/C8H16N2/c1-7(9-3)5-6-8(2)10-4/h5-6,9-10H,1-4H3/b7-5+,8-6+. The highest BCUT2D eigenvalue weighted by Gasteiger charge is 1.79. The molecule has 0 fully saturated rings. The van der Waals surface area contributed by atoms with E-state index in [1.807, 2.05) is 40.1 Å². The molecule has 0 saturated heterocycles. The Morgan fingerprint density at radius 2 is 1.20 bits per heavy atom. The van der Waals surface area contributed by atoms with Crippen molar-refractivity contribution in [3.63, 3.8) is 0 Å². The third-order valence-electron chi connectivity index (χ3n) is 1.37. The van der Waals surface area contributed by atoms with Crippen LogP contribution in [0, 0.1) is 0 Å². The van der Waals surface area contributed by atoms with Crippen LogP contribution in [0.3, 0.4) is 0 Å². The average Bonchev–Trinajstić information content (AvgIpc) is 1.99. The van der Waals surface area contributed by atoms with Crippen molar-refractivity contribution in [3.05, 3.63) is 23.5 Å². The minimum Gasteiger partial charge on any atom is -0.392 e. The van der Waals surface area contributed by atoms with Crippen molar-refractivity contribution in [2.45, 2.75) is 13.8 Å². The number of hydrogen-bond donors (Lipinski definition) is 2. The fourth-order valence-electron chi connectivity index (χ4n) is 0.417. The van der Waals surface area contributed by atoms with E-state index in [1.165, 1.54) is 0 Å². The molecule has 0 bridgehead atoms. The Bertz CT molecular complexity index is 127. The van der Waals surface area contributed by atoms with Gasteiger partial charge in [0.05, 0.1) is 0 Å². The molecule has 0 aromatic heterocycles. The summed E-state index contributed by atoms with van der Waals surface area (Å²) in [5.41, 5.74) is 2.32. The Hall–Kier alpha value is -0.920. The van der Waals surface area contributed by atoms with E-state index in [4.69, 9.17) is 0 Å². The van der Waals surface area contributed by atoms with Gasteiger partial charge in [-0.3, -0.25) is 0 Å². The molecule has 0 heterocycles. The summed E-state index contributed by atoms with van der Waals surface area (Å²) in [6, 6.07) is 0. The topological polar surface area (TPSA) is 24.1 Å². The molecule has 0 spiro atoms. The molecule has 2 heteroatoms. The van der Waals surface area contributed by atoms with Gasteiger partial charge in [0, 0.05) is 25.5 Å². The normalized spacial score (nSPS) is 13.2. The first-order chi connectivity index (χ1) is 4.70. The zero-order valence-electron chi connectivity index (χ0n) is 7.15. The largest absolute Gasteiger partial charge is 0.392 e. The molecular formula is C8H16N2. The SMILES string of the molecule is CN/C(C)=C/C=C(\C)NC. The van der Waals surface area contributed by atoms with Crippen LogP contribution in [0.2, 0.25) is 0 Å². The Kier molecular flexibility index (Phi) is 4.46. The Labute approximate surface area is 63.0 Å². The van der Waals surface area contributed by atoms with Crippen molar-refractivity contribution in [2.24, 2.45) is 0 Å². The lowest BCUT2D eigenvalue weighted by Gasteiger charge is -1.97. The molecule has 2 nitrogen and oxygen atoms in total. The molecule has 0 aliphatic heterocycles. The number of hydrogen-bond acceptors (Lipinski definition) is 2. The first-order valence-corrected chi connectivity index (χ1v) is 3.41. The van der Waals surface area contributed by atoms with Crippen molar-refractivity contribution in [1.82, 2.24) is 10.6 Å². The Morgan fingerprint density at radius 3 is 1.40 bits per heavy atom. The molecule has 10 heavy (non-hydrogen) atoms. The molecule has 0 unspecified atom stereocenters. The molecule has 2 N–H and O–H groups in total. The van der Waals surface area contributed by atoms with Gasteiger partial charge in [0.15, 0.2) is 0 Å². The molecule has 0 atom stereocenters. The summed E-state index contributed by atoms with van der Waals surface area (Å²) in [7, 11) is 3.82. The second-order valence-corrected chi connectivity index (χ2v) is 2.20. The average molecular weight is 140 g/mol. The summed E-state index contributed by atoms with van der Waals surface area (Å²) < 4.78 is 0. The van der Waals surface area contributed by atoms with Crippen LogP contribution >= 0.6 is 0 Å². The van der Waals surface area contributed by atoms with Crippen LogP contribution in [0.15, 0.2) is 23.5 Å². The molecule has 0 amide bonds. The van der Waals surface area contributed by atoms with Crippen molar-refractivity contribution in [3.8, 4) is 0 Å². The predicted octanol–water partition coefficient (Wildman–Crippen LogP) is 1.23. The van der Waals surface area contributed by atoms with Gasteiger partial charge < -0.3 is 10.6 Å². The first kappa shape index (κ1) is 9.08. The number of rotatable bonds is 3. The zero-order valence-corrected chi connectivity index (χ0v) is 7.15. The smallest absolute Gasteiger partial charge is 0.00730 e. The van der Waals surface area contributed by atoms with Gasteiger partial charge in [-0.05, 0) is 26.0 Å². The van der Waals surface area contributed by atoms with Gasteiger partial charge in [-0.2, -0.15) is 0 Å². The third-order valence-corrected chi connectivity index (χ3v) is 1.37. The second-order valence-electron chi connectivity index (χ2n) is 2.20. The first-order valence-electron chi connectivity index (χ1n) is 3.41. The molecule has 0 saturated carbocycles. The predicted molar refractivity (Wildman–Crippen MR) is 45.6 cm³/mol. The van der Waals surface area contributed by atoms with Gasteiger partial charge in [-0.25, -0.2) is 0 Å².